The van der Waals surface area contributed by atoms with E-state index in [0.717, 1.165) is 38.9 Å². The highest BCUT2D eigenvalue weighted by molar-refractivity contribution is 6.34. The summed E-state index contributed by atoms with van der Waals surface area (Å²) in [6.45, 7) is 2.25. The molecule has 0 spiro atoms. The number of benzene rings is 3. The summed E-state index contributed by atoms with van der Waals surface area (Å²) in [6.07, 6.45) is -3.00. The third-order valence-electron chi connectivity index (χ3n) is 8.02. The number of β-amino-alcohol motifs (C(OH)–C–C–N with tert-alkyl or cyclic N) is 2. The zero-order valence-corrected chi connectivity index (χ0v) is 22.4. The number of halogens is 1. The van der Waals surface area contributed by atoms with E-state index in [0.29, 0.717) is 37.3 Å². The molecule has 4 heterocycles. The molecule has 0 aliphatic carbocycles. The number of hydrogen-bond donors (Lipinski definition) is 4. The molecule has 0 radical (unpaired) electrons. The number of fused-ring (bicyclic) bond motifs is 2. The van der Waals surface area contributed by atoms with Gasteiger partial charge in [-0.25, -0.2) is 0 Å². The second-order valence-electron chi connectivity index (χ2n) is 10.8. The molecular formula is C30H30ClN3O6. The van der Waals surface area contributed by atoms with E-state index in [9.17, 15) is 15.3 Å². The van der Waals surface area contributed by atoms with Crippen molar-refractivity contribution in [3.63, 3.8) is 0 Å². The number of nitrogens with one attached hydrogen (secondary N) is 1. The van der Waals surface area contributed by atoms with E-state index in [1.165, 1.54) is 0 Å². The number of hydrogen-bond acceptors (Lipinski definition) is 8. The number of H-pyrrole nitrogens is 1. The maximum Gasteiger partial charge on any atom is 0.295 e. The van der Waals surface area contributed by atoms with Gasteiger partial charge in [0.15, 0.2) is 6.10 Å². The zero-order chi connectivity index (χ0) is 27.4. The molecule has 6 atom stereocenters. The van der Waals surface area contributed by atoms with Gasteiger partial charge in [0.2, 0.25) is 0 Å². The first-order valence-electron chi connectivity index (χ1n) is 13.5. The van der Waals surface area contributed by atoms with Crippen molar-refractivity contribution < 1.29 is 29.5 Å². The van der Waals surface area contributed by atoms with Crippen molar-refractivity contribution >= 4 is 22.6 Å². The average Bonchev–Trinajstić information content (AvgIpc) is 3.71. The quantitative estimate of drug-likeness (QED) is 0.283. The van der Waals surface area contributed by atoms with Crippen LogP contribution in [0.1, 0.15) is 5.56 Å². The highest BCUT2D eigenvalue weighted by atomic mass is 35.5. The lowest BCUT2D eigenvalue weighted by Crippen LogP contribution is -2.34. The van der Waals surface area contributed by atoms with Crippen LogP contribution in [0, 0.1) is 0 Å². The summed E-state index contributed by atoms with van der Waals surface area (Å²) < 4.78 is 17.3. The van der Waals surface area contributed by atoms with Crippen LogP contribution in [0.25, 0.3) is 33.3 Å². The van der Waals surface area contributed by atoms with Gasteiger partial charge in [-0.05, 0) is 34.4 Å². The molecule has 1 aromatic heterocycles. The Bertz CT molecular complexity index is 1500. The predicted octanol–water partition coefficient (Wildman–Crippen LogP) is 2.99. The molecular weight excluding hydrogens is 534 g/mol. The lowest BCUT2D eigenvalue weighted by molar-refractivity contribution is 0.00706. The minimum absolute atomic E-state index is 0.245. The summed E-state index contributed by atoms with van der Waals surface area (Å²) in [6, 6.07) is 20.7. The van der Waals surface area contributed by atoms with Crippen molar-refractivity contribution in [3.8, 4) is 28.3 Å². The lowest BCUT2D eigenvalue weighted by atomic mass is 9.99. The van der Waals surface area contributed by atoms with Crippen molar-refractivity contribution in [1.82, 2.24) is 14.9 Å². The molecule has 10 heteroatoms. The zero-order valence-electron chi connectivity index (χ0n) is 21.6. The maximum atomic E-state index is 9.96. The predicted molar refractivity (Wildman–Crippen MR) is 149 cm³/mol. The number of ether oxygens (including phenoxy) is 3. The van der Waals surface area contributed by atoms with Crippen molar-refractivity contribution in [2.24, 2.45) is 0 Å². The molecule has 3 saturated heterocycles. The summed E-state index contributed by atoms with van der Waals surface area (Å²) in [5.41, 5.74) is 6.67. The monoisotopic (exact) mass is 563 g/mol. The van der Waals surface area contributed by atoms with Crippen LogP contribution in [0.2, 0.25) is 5.02 Å². The molecule has 3 aliphatic heterocycles. The van der Waals surface area contributed by atoms with Gasteiger partial charge in [-0.3, -0.25) is 4.90 Å². The Morgan fingerprint density at radius 3 is 2.23 bits per heavy atom. The number of aromatic nitrogens is 2. The Kier molecular flexibility index (Phi) is 6.76. The Labute approximate surface area is 235 Å². The number of nitrogens with zero attached hydrogens (tertiary/aromatic N) is 2. The van der Waals surface area contributed by atoms with E-state index in [1.54, 1.807) is 0 Å². The molecule has 208 valence electrons. The molecule has 3 aromatic carbocycles. The topological polar surface area (TPSA) is 120 Å². The molecule has 4 aromatic rings. The van der Waals surface area contributed by atoms with Crippen LogP contribution in [0.3, 0.4) is 0 Å². The summed E-state index contributed by atoms with van der Waals surface area (Å²) in [5.74, 6) is 0. The standard InChI is InChI=1S/C30H30ClN3O6/c31-21-10-23-22(32-30(33-23)40-27-15-39-28-26(37)14-38-29(27)28)9-20(21)19-7-5-18(6-8-19)17-3-1-16(2-4-17)11-34-12-24(35)25(36)13-34/h1-10,24-29,35-37H,11-15H2,(H,32,33)/t24-,25-,26+,27+,28+,29+/m0/s1. The smallest absolute Gasteiger partial charge is 0.295 e. The molecule has 40 heavy (non-hydrogen) atoms. The van der Waals surface area contributed by atoms with Gasteiger partial charge >= 0.3 is 0 Å². The van der Waals surface area contributed by atoms with Gasteiger partial charge < -0.3 is 34.5 Å². The first-order chi connectivity index (χ1) is 19.4. The van der Waals surface area contributed by atoms with E-state index in [4.69, 9.17) is 25.8 Å². The number of aliphatic hydroxyl groups excluding tert-OH is 3. The maximum absolute atomic E-state index is 9.96. The molecule has 0 bridgehead atoms. The molecule has 0 amide bonds. The fourth-order valence-corrected chi connectivity index (χ4v) is 6.12. The molecule has 3 aliphatic rings. The first-order valence-corrected chi connectivity index (χ1v) is 13.8. The Hall–Kier alpha value is -3.02. The second kappa shape index (κ2) is 10.4. The highest BCUT2D eigenvalue weighted by Crippen LogP contribution is 2.35. The fraction of sp³-hybridized carbons (Fsp3) is 0.367. The third-order valence-corrected chi connectivity index (χ3v) is 8.33. The minimum Gasteiger partial charge on any atom is -0.456 e. The molecule has 4 N–H and O–H groups in total. The van der Waals surface area contributed by atoms with Gasteiger partial charge in [0.25, 0.3) is 6.01 Å². The minimum atomic E-state index is -0.673. The van der Waals surface area contributed by atoms with Gasteiger partial charge in [-0.15, -0.1) is 0 Å². The number of likely N-dealkylation sites (tertiary alicyclic amines) is 1. The van der Waals surface area contributed by atoms with Crippen molar-refractivity contribution in [3.05, 3.63) is 71.2 Å². The lowest BCUT2D eigenvalue weighted by Gasteiger charge is -2.15. The number of aliphatic hydroxyl groups is 3. The first kappa shape index (κ1) is 25.9. The van der Waals surface area contributed by atoms with Crippen molar-refractivity contribution in [1.29, 1.82) is 0 Å². The van der Waals surface area contributed by atoms with E-state index >= 15 is 0 Å². The van der Waals surface area contributed by atoms with E-state index in [-0.39, 0.29) is 24.9 Å². The summed E-state index contributed by atoms with van der Waals surface area (Å²) in [4.78, 5) is 9.85. The van der Waals surface area contributed by atoms with Crippen LogP contribution < -0.4 is 4.74 Å². The van der Waals surface area contributed by atoms with E-state index < -0.39 is 18.3 Å². The number of aromatic amines is 1. The Morgan fingerprint density at radius 1 is 0.850 bits per heavy atom. The molecule has 9 nitrogen and oxygen atoms in total. The second-order valence-corrected chi connectivity index (χ2v) is 11.2. The number of rotatable bonds is 6. The van der Waals surface area contributed by atoms with Crippen LogP contribution in [0.4, 0.5) is 0 Å². The van der Waals surface area contributed by atoms with Crippen LogP contribution in [0.15, 0.2) is 60.7 Å². The summed E-state index contributed by atoms with van der Waals surface area (Å²) in [5, 5.41) is 30.1. The van der Waals surface area contributed by atoms with Gasteiger partial charge in [-0.2, -0.15) is 4.98 Å². The largest absolute Gasteiger partial charge is 0.456 e. The average molecular weight is 564 g/mol. The highest BCUT2D eigenvalue weighted by Gasteiger charge is 2.48. The van der Waals surface area contributed by atoms with E-state index in [1.807, 2.05) is 24.3 Å². The van der Waals surface area contributed by atoms with Crippen molar-refractivity contribution in [2.45, 2.75) is 43.2 Å². The van der Waals surface area contributed by atoms with Crippen LogP contribution in [-0.4, -0.2) is 93.1 Å². The molecule has 0 saturated carbocycles. The molecule has 7 rings (SSSR count). The third kappa shape index (κ3) is 4.88. The van der Waals surface area contributed by atoms with Gasteiger partial charge in [0.1, 0.15) is 18.3 Å². The van der Waals surface area contributed by atoms with Crippen molar-refractivity contribution in [2.75, 3.05) is 26.3 Å². The molecule has 0 unspecified atom stereocenters. The van der Waals surface area contributed by atoms with Crippen LogP contribution in [-0.2, 0) is 16.0 Å². The van der Waals surface area contributed by atoms with Gasteiger partial charge in [-0.1, -0.05) is 60.1 Å². The number of imidazole rings is 1. The SMILES string of the molecule is O[C@@H]1CO[C@H]2[C@@H]1OC[C@H]2Oc1nc2cc(-c3ccc(-c4ccc(CN5C[C@H](O)[C@@H](O)C5)cc4)cc3)c(Cl)cc2[nH]1. The van der Waals surface area contributed by atoms with Gasteiger partial charge in [0.05, 0.1) is 41.5 Å². The van der Waals surface area contributed by atoms with E-state index in [2.05, 4.69) is 51.3 Å². The summed E-state index contributed by atoms with van der Waals surface area (Å²) >= 11 is 6.68. The summed E-state index contributed by atoms with van der Waals surface area (Å²) in [7, 11) is 0. The Morgan fingerprint density at radius 2 is 1.50 bits per heavy atom. The van der Waals surface area contributed by atoms with Crippen LogP contribution in [0.5, 0.6) is 6.01 Å². The van der Waals surface area contributed by atoms with Gasteiger partial charge in [0, 0.05) is 25.2 Å². The Balaban J connectivity index is 1.05. The normalized spacial score (nSPS) is 28.4. The fourth-order valence-electron chi connectivity index (χ4n) is 5.85. The van der Waals surface area contributed by atoms with Crippen LogP contribution >= 0.6 is 11.6 Å². The molecule has 3 fully saturated rings.